The normalized spacial score (nSPS) is 12.7. The van der Waals surface area contributed by atoms with Gasteiger partial charge in [0.25, 0.3) is 10.0 Å². The summed E-state index contributed by atoms with van der Waals surface area (Å²) in [7, 11) is -3.52. The van der Waals surface area contributed by atoms with E-state index >= 15 is 0 Å². The van der Waals surface area contributed by atoms with Gasteiger partial charge in [0.2, 0.25) is 0 Å². The molecule has 0 saturated heterocycles. The third-order valence-electron chi connectivity index (χ3n) is 1.77. The molecule has 0 aliphatic heterocycles. The maximum absolute atomic E-state index is 11.8. The number of hydrogen-bond donors (Lipinski definition) is 2. The van der Waals surface area contributed by atoms with Crippen LogP contribution in [-0.2, 0) is 10.0 Å². The van der Waals surface area contributed by atoms with Gasteiger partial charge in [-0.1, -0.05) is 18.3 Å². The third-order valence-corrected chi connectivity index (χ3v) is 5.33. The molecule has 84 valence electrons. The molecule has 1 aromatic rings. The second-order valence-corrected chi connectivity index (χ2v) is 6.82. The van der Waals surface area contributed by atoms with Crippen molar-refractivity contribution in [2.24, 2.45) is 5.73 Å². The fourth-order valence-corrected chi connectivity index (χ4v) is 3.36. The Morgan fingerprint density at radius 3 is 2.60 bits per heavy atom. The average Bonchev–Trinajstić information content (AvgIpc) is 2.53. The highest BCUT2D eigenvalue weighted by molar-refractivity contribution is 7.91. The molecule has 0 amide bonds. The molecule has 0 saturated carbocycles. The van der Waals surface area contributed by atoms with E-state index in [1.165, 1.54) is 6.07 Å². The second kappa shape index (κ2) is 4.17. The largest absolute Gasteiger partial charge is 0.392 e. The molecule has 4 nitrogen and oxygen atoms in total. The molecule has 1 rings (SSSR count). The van der Waals surface area contributed by atoms with Crippen molar-refractivity contribution in [1.29, 1.82) is 0 Å². The molecule has 1 aromatic heterocycles. The van der Waals surface area contributed by atoms with Gasteiger partial charge in [-0.05, 0) is 25.3 Å². The van der Waals surface area contributed by atoms with Crippen molar-refractivity contribution < 1.29 is 8.42 Å². The summed E-state index contributed by atoms with van der Waals surface area (Å²) in [6.07, 6.45) is 0. The summed E-state index contributed by atoms with van der Waals surface area (Å²) < 4.78 is 26.3. The number of sulfonamides is 1. The van der Waals surface area contributed by atoms with Gasteiger partial charge in [-0.25, -0.2) is 8.42 Å². The van der Waals surface area contributed by atoms with E-state index in [9.17, 15) is 8.42 Å². The van der Waals surface area contributed by atoms with Crippen molar-refractivity contribution in [3.63, 3.8) is 0 Å². The van der Waals surface area contributed by atoms with Crippen molar-refractivity contribution in [2.45, 2.75) is 23.6 Å². The molecule has 0 bridgehead atoms. The Morgan fingerprint density at radius 1 is 1.60 bits per heavy atom. The van der Waals surface area contributed by atoms with Crippen molar-refractivity contribution in [1.82, 2.24) is 4.72 Å². The minimum absolute atomic E-state index is 0.114. The van der Waals surface area contributed by atoms with E-state index in [0.29, 0.717) is 0 Å². The van der Waals surface area contributed by atoms with Gasteiger partial charge in [-0.3, -0.25) is 0 Å². The van der Waals surface area contributed by atoms with Crippen molar-refractivity contribution in [3.05, 3.63) is 17.5 Å². The molecule has 0 aliphatic rings. The molecule has 3 N–H and O–H groups in total. The number of nitrogens with one attached hydrogen (secondary N) is 1. The Morgan fingerprint density at radius 2 is 2.20 bits per heavy atom. The molecule has 0 radical (unpaired) electrons. The van der Waals surface area contributed by atoms with Crippen LogP contribution in [0.25, 0.3) is 0 Å². The fraction of sp³-hybridized carbons (Fsp3) is 0.375. The first-order chi connectivity index (χ1) is 6.76. The SMILES string of the molecule is CC(C)(NS(=O)(=O)c1cccs1)C(N)=S. The molecule has 0 aromatic carbocycles. The van der Waals surface area contributed by atoms with Gasteiger partial charge in [0.15, 0.2) is 0 Å². The average molecular weight is 264 g/mol. The lowest BCUT2D eigenvalue weighted by molar-refractivity contribution is 0.548. The molecule has 0 atom stereocenters. The molecular weight excluding hydrogens is 252 g/mol. The van der Waals surface area contributed by atoms with Crippen LogP contribution in [0, 0.1) is 0 Å². The predicted molar refractivity (Wildman–Crippen MR) is 65.5 cm³/mol. The molecule has 0 fully saturated rings. The van der Waals surface area contributed by atoms with Gasteiger partial charge in [0.1, 0.15) is 4.21 Å². The summed E-state index contributed by atoms with van der Waals surface area (Å²) in [6, 6.07) is 3.20. The Hall–Kier alpha value is -0.500. The zero-order chi connectivity index (χ0) is 11.7. The van der Waals surface area contributed by atoms with Gasteiger partial charge in [0.05, 0.1) is 10.5 Å². The minimum Gasteiger partial charge on any atom is -0.392 e. The Balaban J connectivity index is 2.97. The predicted octanol–water partition coefficient (Wildman–Crippen LogP) is 1.09. The van der Waals surface area contributed by atoms with E-state index in [1.54, 1.807) is 25.3 Å². The van der Waals surface area contributed by atoms with Gasteiger partial charge < -0.3 is 5.73 Å². The lowest BCUT2D eigenvalue weighted by Gasteiger charge is -2.23. The van der Waals surface area contributed by atoms with Crippen molar-refractivity contribution in [2.75, 3.05) is 0 Å². The Bertz CT molecular complexity index is 448. The van der Waals surface area contributed by atoms with Crippen molar-refractivity contribution in [3.8, 4) is 0 Å². The molecule has 0 aliphatic carbocycles. The number of thiophene rings is 1. The standard InChI is InChI=1S/C8H12N2O2S3/c1-8(2,7(9)13)10-15(11,12)6-4-3-5-14-6/h3-5,10H,1-2H3,(H2,9,13). The van der Waals surface area contributed by atoms with Crippen LogP contribution in [0.3, 0.4) is 0 Å². The van der Waals surface area contributed by atoms with Crippen LogP contribution in [0.1, 0.15) is 13.8 Å². The summed E-state index contributed by atoms with van der Waals surface area (Å²) in [5.41, 5.74) is 4.52. The number of hydrogen-bond acceptors (Lipinski definition) is 4. The van der Waals surface area contributed by atoms with E-state index in [2.05, 4.69) is 4.72 Å². The quantitative estimate of drug-likeness (QED) is 0.799. The van der Waals surface area contributed by atoms with Crippen LogP contribution >= 0.6 is 23.6 Å². The van der Waals surface area contributed by atoms with Crippen LogP contribution < -0.4 is 10.5 Å². The number of nitrogens with two attached hydrogens (primary N) is 1. The lowest BCUT2D eigenvalue weighted by atomic mass is 10.1. The zero-order valence-electron chi connectivity index (χ0n) is 8.35. The summed E-state index contributed by atoms with van der Waals surface area (Å²) in [6.45, 7) is 3.25. The van der Waals surface area contributed by atoms with E-state index in [-0.39, 0.29) is 9.20 Å². The van der Waals surface area contributed by atoms with Gasteiger partial charge >= 0.3 is 0 Å². The Kier molecular flexibility index (Phi) is 3.49. The maximum Gasteiger partial charge on any atom is 0.250 e. The van der Waals surface area contributed by atoms with E-state index in [1.807, 2.05) is 0 Å². The molecule has 15 heavy (non-hydrogen) atoms. The van der Waals surface area contributed by atoms with E-state index in [0.717, 1.165) is 11.3 Å². The smallest absolute Gasteiger partial charge is 0.250 e. The fourth-order valence-electron chi connectivity index (χ4n) is 0.853. The molecular formula is C8H12N2O2S3. The second-order valence-electron chi connectivity index (χ2n) is 3.53. The highest BCUT2D eigenvalue weighted by atomic mass is 32.2. The van der Waals surface area contributed by atoms with E-state index < -0.39 is 15.6 Å². The molecule has 0 unspecified atom stereocenters. The van der Waals surface area contributed by atoms with Crippen LogP contribution in [0.5, 0.6) is 0 Å². The van der Waals surface area contributed by atoms with Gasteiger partial charge in [0, 0.05) is 0 Å². The first-order valence-electron chi connectivity index (χ1n) is 4.13. The zero-order valence-corrected chi connectivity index (χ0v) is 10.8. The van der Waals surface area contributed by atoms with Crippen LogP contribution in [0.4, 0.5) is 0 Å². The van der Waals surface area contributed by atoms with Crippen LogP contribution in [0.2, 0.25) is 0 Å². The van der Waals surface area contributed by atoms with E-state index in [4.69, 9.17) is 18.0 Å². The number of rotatable bonds is 4. The summed E-state index contributed by atoms with van der Waals surface area (Å²) in [5, 5.41) is 1.70. The maximum atomic E-state index is 11.8. The first kappa shape index (κ1) is 12.6. The molecule has 1 heterocycles. The van der Waals surface area contributed by atoms with Crippen molar-refractivity contribution >= 4 is 38.6 Å². The lowest BCUT2D eigenvalue weighted by Crippen LogP contribution is -2.51. The van der Waals surface area contributed by atoms with Crippen LogP contribution in [-0.4, -0.2) is 18.9 Å². The van der Waals surface area contributed by atoms with Crippen LogP contribution in [0.15, 0.2) is 21.7 Å². The third kappa shape index (κ3) is 2.97. The summed E-state index contributed by atoms with van der Waals surface area (Å²) in [4.78, 5) is 0.114. The van der Waals surface area contributed by atoms with Gasteiger partial charge in [-0.2, -0.15) is 4.72 Å². The highest BCUT2D eigenvalue weighted by Gasteiger charge is 2.29. The van der Waals surface area contributed by atoms with Gasteiger partial charge in [-0.15, -0.1) is 11.3 Å². The molecule has 7 heteroatoms. The topological polar surface area (TPSA) is 72.2 Å². The first-order valence-corrected chi connectivity index (χ1v) is 6.90. The highest BCUT2D eigenvalue weighted by Crippen LogP contribution is 2.18. The summed E-state index contributed by atoms with van der Waals surface area (Å²) in [5.74, 6) is 0. The number of thiocarbonyl (C=S) groups is 1. The minimum atomic E-state index is -3.52. The Labute approximate surface area is 98.5 Å². The summed E-state index contributed by atoms with van der Waals surface area (Å²) >= 11 is 5.93. The monoisotopic (exact) mass is 264 g/mol. The molecule has 0 spiro atoms.